The molecule has 0 radical (unpaired) electrons. The highest BCUT2D eigenvalue weighted by Gasteiger charge is 2.35. The summed E-state index contributed by atoms with van der Waals surface area (Å²) in [4.78, 5) is 26.2. The molecule has 5 nitrogen and oxygen atoms in total. The third-order valence-electron chi connectivity index (χ3n) is 3.79. The minimum atomic E-state index is -0.491. The zero-order chi connectivity index (χ0) is 19.7. The summed E-state index contributed by atoms with van der Waals surface area (Å²) in [6, 6.07) is 7.76. The molecule has 1 fully saturated rings. The Kier molecular flexibility index (Phi) is 5.91. The molecular formula is C18H12Cl3NO4S. The number of benzene rings is 2. The molecule has 1 aliphatic heterocycles. The van der Waals surface area contributed by atoms with Crippen molar-refractivity contribution in [2.75, 3.05) is 7.11 Å². The van der Waals surface area contributed by atoms with Gasteiger partial charge in [-0.05, 0) is 41.6 Å². The number of ether oxygens (including phenoxy) is 1. The fourth-order valence-electron chi connectivity index (χ4n) is 2.46. The number of carbonyl (C=O) groups excluding carboxylic acids is 2. The largest absolute Gasteiger partial charge is 0.504 e. The van der Waals surface area contributed by atoms with Gasteiger partial charge in [-0.15, -0.1) is 0 Å². The van der Waals surface area contributed by atoms with Crippen molar-refractivity contribution in [1.82, 2.24) is 4.90 Å². The Morgan fingerprint density at radius 3 is 2.56 bits per heavy atom. The maximum Gasteiger partial charge on any atom is 0.293 e. The van der Waals surface area contributed by atoms with E-state index in [9.17, 15) is 14.7 Å². The molecule has 27 heavy (non-hydrogen) atoms. The zero-order valence-electron chi connectivity index (χ0n) is 13.8. The van der Waals surface area contributed by atoms with Crippen LogP contribution in [0.1, 0.15) is 11.1 Å². The van der Waals surface area contributed by atoms with E-state index < -0.39 is 11.1 Å². The zero-order valence-corrected chi connectivity index (χ0v) is 16.9. The van der Waals surface area contributed by atoms with E-state index in [0.717, 1.165) is 16.7 Å². The predicted octanol–water partition coefficient (Wildman–Crippen LogP) is 5.60. The lowest BCUT2D eigenvalue weighted by Gasteiger charge is -2.13. The number of hydrogen-bond acceptors (Lipinski definition) is 5. The van der Waals surface area contributed by atoms with Gasteiger partial charge in [0.05, 0.1) is 18.6 Å². The van der Waals surface area contributed by atoms with Crippen LogP contribution in [-0.2, 0) is 11.3 Å². The van der Waals surface area contributed by atoms with Crippen LogP contribution in [0.2, 0.25) is 15.1 Å². The van der Waals surface area contributed by atoms with E-state index in [0.29, 0.717) is 20.6 Å². The molecule has 0 aliphatic carbocycles. The van der Waals surface area contributed by atoms with Crippen LogP contribution in [0.15, 0.2) is 35.2 Å². The van der Waals surface area contributed by atoms with Gasteiger partial charge in [-0.2, -0.15) is 0 Å². The number of amides is 2. The fourth-order valence-corrected chi connectivity index (χ4v) is 3.97. The topological polar surface area (TPSA) is 66.8 Å². The van der Waals surface area contributed by atoms with Crippen molar-refractivity contribution in [2.24, 2.45) is 0 Å². The van der Waals surface area contributed by atoms with Crippen LogP contribution in [0.5, 0.6) is 11.5 Å². The summed E-state index contributed by atoms with van der Waals surface area (Å²) in [6.45, 7) is 0.0167. The average Bonchev–Trinajstić information content (AvgIpc) is 2.87. The number of thioether (sulfide) groups is 1. The third kappa shape index (κ3) is 4.19. The molecule has 1 saturated heterocycles. The number of imide groups is 1. The van der Waals surface area contributed by atoms with Crippen LogP contribution < -0.4 is 4.74 Å². The Hall–Kier alpha value is -1.86. The van der Waals surface area contributed by atoms with Gasteiger partial charge in [-0.25, -0.2) is 0 Å². The van der Waals surface area contributed by atoms with Crippen molar-refractivity contribution < 1.29 is 19.4 Å². The van der Waals surface area contributed by atoms with E-state index in [1.807, 2.05) is 0 Å². The monoisotopic (exact) mass is 443 g/mol. The smallest absolute Gasteiger partial charge is 0.293 e. The van der Waals surface area contributed by atoms with Gasteiger partial charge in [0.25, 0.3) is 11.1 Å². The lowest BCUT2D eigenvalue weighted by molar-refractivity contribution is -0.123. The van der Waals surface area contributed by atoms with Crippen molar-refractivity contribution in [3.8, 4) is 11.5 Å². The number of methoxy groups -OCH3 is 1. The van der Waals surface area contributed by atoms with Crippen molar-refractivity contribution in [3.63, 3.8) is 0 Å². The van der Waals surface area contributed by atoms with Crippen molar-refractivity contribution in [1.29, 1.82) is 0 Å². The van der Waals surface area contributed by atoms with Crippen LogP contribution in [0, 0.1) is 0 Å². The summed E-state index contributed by atoms with van der Waals surface area (Å²) < 4.78 is 5.04. The van der Waals surface area contributed by atoms with Gasteiger partial charge in [0.2, 0.25) is 0 Å². The number of phenolic OH excluding ortho intramolecular Hbond substituents is 1. The van der Waals surface area contributed by atoms with Crippen molar-refractivity contribution in [3.05, 3.63) is 61.4 Å². The molecule has 2 aromatic rings. The van der Waals surface area contributed by atoms with Gasteiger partial charge >= 0.3 is 0 Å². The first-order valence-electron chi connectivity index (χ1n) is 7.56. The number of aromatic hydroxyl groups is 1. The second kappa shape index (κ2) is 8.02. The summed E-state index contributed by atoms with van der Waals surface area (Å²) in [6.07, 6.45) is 1.40. The number of nitrogens with zero attached hydrogens (tertiary/aromatic N) is 1. The van der Waals surface area contributed by atoms with E-state index in [1.165, 1.54) is 25.3 Å². The molecule has 140 valence electrons. The number of rotatable bonds is 4. The standard InChI is InChI=1S/C18H12Cl3NO4S/c1-26-14-7-12(20)4-10(16(14)23)5-15-17(24)22(18(25)27-15)8-9-2-3-11(19)6-13(9)21/h2-7,23H,8H2,1H3/b15-5-. The van der Waals surface area contributed by atoms with Gasteiger partial charge < -0.3 is 9.84 Å². The molecule has 0 spiro atoms. The molecule has 0 aromatic heterocycles. The highest BCUT2D eigenvalue weighted by molar-refractivity contribution is 8.18. The lowest BCUT2D eigenvalue weighted by Crippen LogP contribution is -2.27. The van der Waals surface area contributed by atoms with Crippen molar-refractivity contribution >= 4 is 63.8 Å². The molecule has 1 aliphatic rings. The minimum absolute atomic E-state index is 0.0167. The molecule has 0 atom stereocenters. The number of hydrogen-bond donors (Lipinski definition) is 1. The van der Waals surface area contributed by atoms with Crippen LogP contribution >= 0.6 is 46.6 Å². The molecule has 9 heteroatoms. The molecule has 1 heterocycles. The number of halogens is 3. The van der Waals surface area contributed by atoms with Gasteiger partial charge in [-0.1, -0.05) is 40.9 Å². The van der Waals surface area contributed by atoms with E-state index >= 15 is 0 Å². The summed E-state index contributed by atoms with van der Waals surface area (Å²) in [7, 11) is 1.39. The van der Waals surface area contributed by atoms with E-state index in [4.69, 9.17) is 39.5 Å². The van der Waals surface area contributed by atoms with E-state index in [-0.39, 0.29) is 28.5 Å². The fraction of sp³-hybridized carbons (Fsp3) is 0.111. The van der Waals surface area contributed by atoms with Crippen LogP contribution in [0.3, 0.4) is 0 Å². The number of carbonyl (C=O) groups is 2. The van der Waals surface area contributed by atoms with Gasteiger partial charge in [0, 0.05) is 26.7 Å². The van der Waals surface area contributed by atoms with Crippen molar-refractivity contribution in [2.45, 2.75) is 6.54 Å². The number of phenols is 1. The van der Waals surface area contributed by atoms with Gasteiger partial charge in [-0.3, -0.25) is 14.5 Å². The Bertz CT molecular complexity index is 977. The molecule has 1 N–H and O–H groups in total. The maximum absolute atomic E-state index is 12.7. The summed E-state index contributed by atoms with van der Waals surface area (Å²) in [5, 5.41) is 10.9. The highest BCUT2D eigenvalue weighted by Crippen LogP contribution is 2.39. The molecule has 2 amide bonds. The first kappa shape index (κ1) is 19.9. The highest BCUT2D eigenvalue weighted by atomic mass is 35.5. The summed E-state index contributed by atoms with van der Waals surface area (Å²) in [5.74, 6) is -0.496. The molecule has 0 unspecified atom stereocenters. The molecule has 3 rings (SSSR count). The summed E-state index contributed by atoms with van der Waals surface area (Å²) in [5.41, 5.74) is 0.867. The Balaban J connectivity index is 1.90. The van der Waals surface area contributed by atoms with Crippen LogP contribution in [0.4, 0.5) is 4.79 Å². The minimum Gasteiger partial charge on any atom is -0.504 e. The molecular weight excluding hydrogens is 433 g/mol. The molecule has 2 aromatic carbocycles. The van der Waals surface area contributed by atoms with Crippen LogP contribution in [0.25, 0.3) is 6.08 Å². The van der Waals surface area contributed by atoms with E-state index in [1.54, 1.807) is 18.2 Å². The normalized spacial score (nSPS) is 15.7. The quantitative estimate of drug-likeness (QED) is 0.622. The Morgan fingerprint density at radius 1 is 1.15 bits per heavy atom. The second-order valence-corrected chi connectivity index (χ2v) is 7.82. The second-order valence-electron chi connectivity index (χ2n) is 5.55. The third-order valence-corrected chi connectivity index (χ3v) is 5.51. The van der Waals surface area contributed by atoms with Crippen LogP contribution in [-0.4, -0.2) is 28.3 Å². The molecule has 0 bridgehead atoms. The SMILES string of the molecule is COc1cc(Cl)cc(/C=C2\SC(=O)N(Cc3ccc(Cl)cc3Cl)C2=O)c1O. The van der Waals surface area contributed by atoms with E-state index in [2.05, 4.69) is 0 Å². The first-order chi connectivity index (χ1) is 12.8. The lowest BCUT2D eigenvalue weighted by atomic mass is 10.1. The Morgan fingerprint density at radius 2 is 1.89 bits per heavy atom. The average molecular weight is 445 g/mol. The van der Waals surface area contributed by atoms with Gasteiger partial charge in [0.1, 0.15) is 0 Å². The predicted molar refractivity (Wildman–Crippen MR) is 108 cm³/mol. The maximum atomic E-state index is 12.7. The molecule has 0 saturated carbocycles. The summed E-state index contributed by atoms with van der Waals surface area (Å²) >= 11 is 18.8. The Labute approximate surface area is 174 Å². The van der Waals surface area contributed by atoms with Gasteiger partial charge in [0.15, 0.2) is 11.5 Å². The first-order valence-corrected chi connectivity index (χ1v) is 9.51.